The Bertz CT molecular complexity index is 874. The predicted octanol–water partition coefficient (Wildman–Crippen LogP) is 1.40. The van der Waals surface area contributed by atoms with Gasteiger partial charge in [-0.15, -0.1) is 0 Å². The lowest BCUT2D eigenvalue weighted by Gasteiger charge is -2.34. The first-order valence-corrected chi connectivity index (χ1v) is 11.6. The molecule has 0 aliphatic carbocycles. The molecule has 1 aliphatic heterocycles. The second-order valence-corrected chi connectivity index (χ2v) is 9.82. The van der Waals surface area contributed by atoms with Gasteiger partial charge in [0.2, 0.25) is 6.29 Å². The Morgan fingerprint density at radius 3 is 2.48 bits per heavy atom. The van der Waals surface area contributed by atoms with E-state index in [-0.39, 0.29) is 23.8 Å². The van der Waals surface area contributed by atoms with Gasteiger partial charge in [-0.3, -0.25) is 4.79 Å². The standard InChI is InChI=1S/C20H29NO9S/c1-13(30-19(23)26-10-15-11-27-20(2,3)28-12-15)29-18(22)17(21)9-14-6-5-7-16(8-14)31(4,24)25/h5-8,13,15,17H,9-12,21H2,1-4H3/t13?,17-/m0/s1. The maximum atomic E-state index is 12.2. The molecule has 0 spiro atoms. The van der Waals surface area contributed by atoms with E-state index in [1.807, 2.05) is 0 Å². The van der Waals surface area contributed by atoms with E-state index in [0.29, 0.717) is 18.8 Å². The average molecular weight is 460 g/mol. The molecule has 1 heterocycles. The minimum absolute atomic E-state index is 0.0335. The van der Waals surface area contributed by atoms with Crippen molar-refractivity contribution in [2.45, 2.75) is 50.2 Å². The van der Waals surface area contributed by atoms with E-state index in [1.165, 1.54) is 19.1 Å². The van der Waals surface area contributed by atoms with E-state index in [4.69, 9.17) is 29.4 Å². The van der Waals surface area contributed by atoms with Crippen LogP contribution in [0.1, 0.15) is 26.3 Å². The van der Waals surface area contributed by atoms with Crippen LogP contribution in [0, 0.1) is 5.92 Å². The van der Waals surface area contributed by atoms with Crippen LogP contribution in [0.4, 0.5) is 4.79 Å². The van der Waals surface area contributed by atoms with E-state index in [0.717, 1.165) is 6.26 Å². The normalized spacial score (nSPS) is 18.6. The number of hydrogen-bond donors (Lipinski definition) is 1. The number of rotatable bonds is 8. The van der Waals surface area contributed by atoms with Crippen molar-refractivity contribution in [2.24, 2.45) is 11.7 Å². The van der Waals surface area contributed by atoms with Crippen molar-refractivity contribution in [1.82, 2.24) is 0 Å². The maximum absolute atomic E-state index is 12.2. The van der Waals surface area contributed by atoms with Crippen molar-refractivity contribution in [3.63, 3.8) is 0 Å². The molecular weight excluding hydrogens is 430 g/mol. The molecule has 2 N–H and O–H groups in total. The molecule has 1 saturated heterocycles. The van der Waals surface area contributed by atoms with Gasteiger partial charge in [-0.2, -0.15) is 0 Å². The topological polar surface area (TPSA) is 140 Å². The number of nitrogens with two attached hydrogens (primary N) is 1. The fourth-order valence-electron chi connectivity index (χ4n) is 2.69. The number of esters is 1. The summed E-state index contributed by atoms with van der Waals surface area (Å²) in [6, 6.07) is 5.04. The van der Waals surface area contributed by atoms with Gasteiger partial charge in [-0.25, -0.2) is 13.2 Å². The molecule has 1 aromatic carbocycles. The van der Waals surface area contributed by atoms with Gasteiger partial charge in [0.05, 0.1) is 18.1 Å². The Balaban J connectivity index is 1.75. The van der Waals surface area contributed by atoms with Gasteiger partial charge >= 0.3 is 12.1 Å². The summed E-state index contributed by atoms with van der Waals surface area (Å²) in [7, 11) is -3.38. The lowest BCUT2D eigenvalue weighted by Crippen LogP contribution is -2.41. The van der Waals surface area contributed by atoms with Crippen molar-refractivity contribution in [1.29, 1.82) is 0 Å². The van der Waals surface area contributed by atoms with Crippen molar-refractivity contribution in [3.05, 3.63) is 29.8 Å². The van der Waals surface area contributed by atoms with Gasteiger partial charge in [0.25, 0.3) is 0 Å². The van der Waals surface area contributed by atoms with Crippen LogP contribution in [0.25, 0.3) is 0 Å². The Morgan fingerprint density at radius 1 is 1.23 bits per heavy atom. The predicted molar refractivity (Wildman–Crippen MR) is 109 cm³/mol. The minimum atomic E-state index is -3.38. The fourth-order valence-corrected chi connectivity index (χ4v) is 3.39. The molecule has 31 heavy (non-hydrogen) atoms. The first kappa shape index (κ1) is 25.1. The third-order valence-electron chi connectivity index (χ3n) is 4.40. The Kier molecular flexibility index (Phi) is 8.41. The molecule has 11 heteroatoms. The fraction of sp³-hybridized carbons (Fsp3) is 0.600. The molecule has 174 valence electrons. The van der Waals surface area contributed by atoms with Gasteiger partial charge < -0.3 is 29.4 Å². The zero-order chi connectivity index (χ0) is 23.2. The van der Waals surface area contributed by atoms with Crippen LogP contribution in [0.15, 0.2) is 29.2 Å². The molecule has 1 aromatic rings. The second-order valence-electron chi connectivity index (χ2n) is 7.80. The van der Waals surface area contributed by atoms with Crippen LogP contribution in [-0.2, 0) is 44.7 Å². The van der Waals surface area contributed by atoms with Crippen molar-refractivity contribution < 1.29 is 41.7 Å². The SMILES string of the molecule is CC(OC(=O)OCC1COC(C)(C)OC1)OC(=O)[C@@H](N)Cc1cccc(S(C)(=O)=O)c1. The summed E-state index contributed by atoms with van der Waals surface area (Å²) >= 11 is 0. The number of ether oxygens (including phenoxy) is 5. The Morgan fingerprint density at radius 2 is 1.87 bits per heavy atom. The van der Waals surface area contributed by atoms with Gasteiger partial charge in [0.15, 0.2) is 15.6 Å². The minimum Gasteiger partial charge on any atom is -0.434 e. The summed E-state index contributed by atoms with van der Waals surface area (Å²) in [6.07, 6.45) is -1.07. The first-order valence-electron chi connectivity index (χ1n) is 9.72. The van der Waals surface area contributed by atoms with Gasteiger partial charge in [-0.1, -0.05) is 12.1 Å². The summed E-state index contributed by atoms with van der Waals surface area (Å²) in [6.45, 7) is 5.72. The third kappa shape index (κ3) is 8.44. The molecule has 0 radical (unpaired) electrons. The lowest BCUT2D eigenvalue weighted by molar-refractivity contribution is -0.265. The lowest BCUT2D eigenvalue weighted by atomic mass is 10.1. The molecule has 1 aliphatic rings. The quantitative estimate of drug-likeness (QED) is 0.448. The maximum Gasteiger partial charge on any atom is 0.511 e. The third-order valence-corrected chi connectivity index (χ3v) is 5.51. The Labute approximate surface area is 181 Å². The molecule has 2 rings (SSSR count). The van der Waals surface area contributed by atoms with Crippen LogP contribution in [0.2, 0.25) is 0 Å². The molecule has 0 aromatic heterocycles. The second kappa shape index (κ2) is 10.4. The molecule has 1 fully saturated rings. The monoisotopic (exact) mass is 459 g/mol. The van der Waals surface area contributed by atoms with E-state index >= 15 is 0 Å². The van der Waals surface area contributed by atoms with E-state index in [9.17, 15) is 18.0 Å². The summed E-state index contributed by atoms with van der Waals surface area (Å²) in [5.74, 6) is -1.60. The largest absolute Gasteiger partial charge is 0.511 e. The molecule has 0 saturated carbocycles. The molecule has 2 atom stereocenters. The van der Waals surface area contributed by atoms with Gasteiger partial charge in [-0.05, 0) is 38.0 Å². The smallest absolute Gasteiger partial charge is 0.434 e. The van der Waals surface area contributed by atoms with Crippen LogP contribution in [-0.4, -0.2) is 64.7 Å². The van der Waals surface area contributed by atoms with E-state index in [1.54, 1.807) is 26.0 Å². The Hall–Kier alpha value is -2.21. The molecule has 0 bridgehead atoms. The molecular formula is C20H29NO9S. The van der Waals surface area contributed by atoms with Crippen molar-refractivity contribution in [3.8, 4) is 0 Å². The summed E-state index contributed by atoms with van der Waals surface area (Å²) in [4.78, 5) is 24.1. The van der Waals surface area contributed by atoms with Crippen LogP contribution in [0.3, 0.4) is 0 Å². The van der Waals surface area contributed by atoms with Gasteiger partial charge in [0.1, 0.15) is 12.6 Å². The van der Waals surface area contributed by atoms with Crippen molar-refractivity contribution in [2.75, 3.05) is 26.1 Å². The summed E-state index contributed by atoms with van der Waals surface area (Å²) < 4.78 is 49.1. The van der Waals surface area contributed by atoms with Gasteiger partial charge in [0, 0.05) is 19.1 Å². The number of hydrogen-bond acceptors (Lipinski definition) is 10. The van der Waals surface area contributed by atoms with E-state index < -0.39 is 40.1 Å². The van der Waals surface area contributed by atoms with E-state index in [2.05, 4.69) is 0 Å². The van der Waals surface area contributed by atoms with Crippen LogP contribution < -0.4 is 5.73 Å². The number of sulfone groups is 1. The molecule has 1 unspecified atom stereocenters. The first-order chi connectivity index (χ1) is 14.4. The number of carbonyl (C=O) groups excluding carboxylic acids is 2. The number of carbonyl (C=O) groups is 2. The zero-order valence-electron chi connectivity index (χ0n) is 18.0. The number of benzene rings is 1. The summed E-state index contributed by atoms with van der Waals surface area (Å²) in [5.41, 5.74) is 6.40. The van der Waals surface area contributed by atoms with Crippen molar-refractivity contribution >= 4 is 22.0 Å². The highest BCUT2D eigenvalue weighted by atomic mass is 32.2. The molecule has 0 amide bonds. The molecule has 10 nitrogen and oxygen atoms in total. The zero-order valence-corrected chi connectivity index (χ0v) is 18.8. The van der Waals surface area contributed by atoms with Crippen LogP contribution >= 0.6 is 0 Å². The van der Waals surface area contributed by atoms with Crippen LogP contribution in [0.5, 0.6) is 0 Å². The summed E-state index contributed by atoms with van der Waals surface area (Å²) in [5, 5.41) is 0. The highest BCUT2D eigenvalue weighted by molar-refractivity contribution is 7.90. The highest BCUT2D eigenvalue weighted by Gasteiger charge is 2.29. The highest BCUT2D eigenvalue weighted by Crippen LogP contribution is 2.20. The average Bonchev–Trinajstić information content (AvgIpc) is 2.66.